The predicted octanol–water partition coefficient (Wildman–Crippen LogP) is 7.23. The molecule has 0 spiro atoms. The average Bonchev–Trinajstić information content (AvgIpc) is 2.47. The summed E-state index contributed by atoms with van der Waals surface area (Å²) in [5.41, 5.74) is 0.167. The van der Waals surface area contributed by atoms with Gasteiger partial charge in [0.1, 0.15) is 0 Å². The Morgan fingerprint density at radius 1 is 0.885 bits per heavy atom. The Labute approximate surface area is 177 Å². The molecular weight excluding hydrogens is 437 g/mol. The molecule has 0 aliphatic heterocycles. The first-order valence-electron chi connectivity index (χ1n) is 7.48. The molecule has 0 heterocycles. The van der Waals surface area contributed by atoms with Crippen LogP contribution in [0.2, 0.25) is 25.1 Å². The molecular formula is C18H15Cl5N2O. The molecule has 0 saturated carbocycles. The van der Waals surface area contributed by atoms with Gasteiger partial charge < -0.3 is 0 Å². The van der Waals surface area contributed by atoms with Crippen molar-refractivity contribution in [3.05, 3.63) is 66.6 Å². The van der Waals surface area contributed by atoms with Crippen molar-refractivity contribution in [3.63, 3.8) is 0 Å². The summed E-state index contributed by atoms with van der Waals surface area (Å²) in [6.45, 7) is 5.54. The van der Waals surface area contributed by atoms with E-state index < -0.39 is 5.54 Å². The third kappa shape index (κ3) is 5.28. The third-order valence-corrected chi connectivity index (χ3v) is 4.56. The van der Waals surface area contributed by atoms with Crippen LogP contribution >= 0.6 is 58.0 Å². The van der Waals surface area contributed by atoms with Crippen LogP contribution in [0.3, 0.4) is 0 Å². The molecule has 2 aromatic carbocycles. The Morgan fingerprint density at radius 3 is 1.81 bits per heavy atom. The van der Waals surface area contributed by atoms with Crippen molar-refractivity contribution < 1.29 is 4.79 Å². The van der Waals surface area contributed by atoms with E-state index in [9.17, 15) is 4.79 Å². The number of hydrazone groups is 1. The Morgan fingerprint density at radius 2 is 1.35 bits per heavy atom. The predicted molar refractivity (Wildman–Crippen MR) is 111 cm³/mol. The Bertz CT molecular complexity index is 831. The average molecular weight is 453 g/mol. The Hall–Kier alpha value is -0.970. The molecule has 0 unspecified atom stereocenters. The Kier molecular flexibility index (Phi) is 6.86. The smallest absolute Gasteiger partial charge is 0.267 e. The quantitative estimate of drug-likeness (QED) is 0.357. The van der Waals surface area contributed by atoms with Crippen LogP contribution in [0, 0.1) is 0 Å². The van der Waals surface area contributed by atoms with Crippen molar-refractivity contribution >= 4 is 70.1 Å². The number of carbonyl (C=O) groups is 1. The second-order valence-corrected chi connectivity index (χ2v) is 8.60. The fourth-order valence-corrected chi connectivity index (χ4v) is 3.56. The number of nitrogens with zero attached hydrogens (tertiary/aromatic N) is 2. The van der Waals surface area contributed by atoms with Gasteiger partial charge in [-0.15, -0.1) is 0 Å². The van der Waals surface area contributed by atoms with Gasteiger partial charge in [0.05, 0.1) is 21.8 Å². The fraction of sp³-hybridized carbons (Fsp3) is 0.222. The molecule has 26 heavy (non-hydrogen) atoms. The monoisotopic (exact) mass is 450 g/mol. The van der Waals surface area contributed by atoms with Crippen LogP contribution in [0.15, 0.2) is 35.4 Å². The van der Waals surface area contributed by atoms with Crippen LogP contribution in [0.5, 0.6) is 0 Å². The summed E-state index contributed by atoms with van der Waals surface area (Å²) < 4.78 is 0. The van der Waals surface area contributed by atoms with Gasteiger partial charge in [0.2, 0.25) is 0 Å². The minimum absolute atomic E-state index is 0.322. The molecule has 2 rings (SSSR count). The SMILES string of the molecule is CC(C)(C)N(/N=C/c1c(Cl)cc(Cl)cc1Cl)C(=O)c1cc(Cl)cc(Cl)c1. The minimum atomic E-state index is -0.617. The zero-order valence-electron chi connectivity index (χ0n) is 14.2. The summed E-state index contributed by atoms with van der Waals surface area (Å²) in [6, 6.07) is 7.73. The maximum absolute atomic E-state index is 12.9. The summed E-state index contributed by atoms with van der Waals surface area (Å²) >= 11 is 30.3. The van der Waals surface area contributed by atoms with Crippen LogP contribution in [0.25, 0.3) is 0 Å². The van der Waals surface area contributed by atoms with Gasteiger partial charge in [0, 0.05) is 26.2 Å². The van der Waals surface area contributed by atoms with E-state index in [1.807, 2.05) is 20.8 Å². The molecule has 0 fully saturated rings. The lowest BCUT2D eigenvalue weighted by molar-refractivity contribution is 0.0593. The van der Waals surface area contributed by atoms with Crippen molar-refractivity contribution in [3.8, 4) is 0 Å². The van der Waals surface area contributed by atoms with Crippen molar-refractivity contribution in [1.29, 1.82) is 0 Å². The highest BCUT2D eigenvalue weighted by Crippen LogP contribution is 2.28. The molecule has 0 radical (unpaired) electrons. The summed E-state index contributed by atoms with van der Waals surface area (Å²) in [5, 5.41) is 7.43. The van der Waals surface area contributed by atoms with Gasteiger partial charge in [-0.3, -0.25) is 4.79 Å². The van der Waals surface area contributed by atoms with Crippen molar-refractivity contribution in [2.75, 3.05) is 0 Å². The molecule has 8 heteroatoms. The first-order chi connectivity index (χ1) is 12.0. The molecule has 0 aliphatic carbocycles. The van der Waals surface area contributed by atoms with E-state index in [2.05, 4.69) is 5.10 Å². The van der Waals surface area contributed by atoms with Crippen LogP contribution in [-0.4, -0.2) is 22.7 Å². The van der Waals surface area contributed by atoms with Crippen LogP contribution in [0.1, 0.15) is 36.7 Å². The van der Waals surface area contributed by atoms with E-state index in [0.717, 1.165) is 0 Å². The molecule has 1 amide bonds. The molecule has 0 atom stereocenters. The molecule has 0 saturated heterocycles. The maximum Gasteiger partial charge on any atom is 0.274 e. The highest BCUT2D eigenvalue weighted by Gasteiger charge is 2.28. The number of hydrogen-bond acceptors (Lipinski definition) is 2. The van der Waals surface area contributed by atoms with E-state index in [-0.39, 0.29) is 5.91 Å². The lowest BCUT2D eigenvalue weighted by atomic mass is 10.1. The lowest BCUT2D eigenvalue weighted by Gasteiger charge is -2.31. The molecule has 2 aromatic rings. The van der Waals surface area contributed by atoms with Crippen molar-refractivity contribution in [2.24, 2.45) is 5.10 Å². The lowest BCUT2D eigenvalue weighted by Crippen LogP contribution is -2.42. The van der Waals surface area contributed by atoms with Crippen LogP contribution in [0.4, 0.5) is 0 Å². The second-order valence-electron chi connectivity index (χ2n) is 6.47. The van der Waals surface area contributed by atoms with Gasteiger partial charge in [-0.05, 0) is 51.1 Å². The summed E-state index contributed by atoms with van der Waals surface area (Å²) in [4.78, 5) is 12.9. The topological polar surface area (TPSA) is 32.7 Å². The van der Waals surface area contributed by atoms with Gasteiger partial charge in [0.25, 0.3) is 5.91 Å². The molecule has 138 valence electrons. The zero-order chi connectivity index (χ0) is 19.6. The van der Waals surface area contributed by atoms with Gasteiger partial charge in [-0.25, -0.2) is 5.01 Å². The molecule has 0 bridgehead atoms. The Balaban J connectivity index is 2.45. The number of amides is 1. The summed E-state index contributed by atoms with van der Waals surface area (Å²) in [7, 11) is 0. The third-order valence-electron chi connectivity index (χ3n) is 3.28. The van der Waals surface area contributed by atoms with Gasteiger partial charge in [0.15, 0.2) is 0 Å². The highest BCUT2D eigenvalue weighted by atomic mass is 35.5. The van der Waals surface area contributed by atoms with Gasteiger partial charge in [-0.2, -0.15) is 5.10 Å². The second kappa shape index (κ2) is 8.37. The minimum Gasteiger partial charge on any atom is -0.267 e. The first kappa shape index (κ1) is 21.3. The van der Waals surface area contributed by atoms with E-state index in [0.29, 0.717) is 36.2 Å². The molecule has 0 aliphatic rings. The summed E-state index contributed by atoms with van der Waals surface area (Å²) in [6.07, 6.45) is 1.43. The fourth-order valence-electron chi connectivity index (χ4n) is 2.12. The van der Waals surface area contributed by atoms with Crippen LogP contribution in [-0.2, 0) is 0 Å². The number of carbonyl (C=O) groups excluding carboxylic acids is 1. The summed E-state index contributed by atoms with van der Waals surface area (Å²) in [5.74, 6) is -0.362. The van der Waals surface area contributed by atoms with E-state index >= 15 is 0 Å². The highest BCUT2D eigenvalue weighted by molar-refractivity contribution is 6.41. The molecule has 0 N–H and O–H groups in total. The van der Waals surface area contributed by atoms with Crippen molar-refractivity contribution in [2.45, 2.75) is 26.3 Å². The van der Waals surface area contributed by atoms with Gasteiger partial charge >= 0.3 is 0 Å². The van der Waals surface area contributed by atoms with Gasteiger partial charge in [-0.1, -0.05) is 58.0 Å². The first-order valence-corrected chi connectivity index (χ1v) is 9.37. The van der Waals surface area contributed by atoms with E-state index in [1.54, 1.807) is 18.2 Å². The van der Waals surface area contributed by atoms with Crippen LogP contribution < -0.4 is 0 Å². The maximum atomic E-state index is 12.9. The standard InChI is InChI=1S/C18H15Cl5N2O/c1-18(2,3)25(17(26)10-4-11(19)6-12(20)5-10)24-9-14-15(22)7-13(21)8-16(14)23/h4-9H,1-3H3/b24-9+. The largest absolute Gasteiger partial charge is 0.274 e. The van der Waals surface area contributed by atoms with E-state index in [1.165, 1.54) is 23.4 Å². The number of benzene rings is 2. The zero-order valence-corrected chi connectivity index (χ0v) is 17.9. The number of hydrogen-bond donors (Lipinski definition) is 0. The van der Waals surface area contributed by atoms with E-state index in [4.69, 9.17) is 58.0 Å². The number of halogens is 5. The van der Waals surface area contributed by atoms with Crippen molar-refractivity contribution in [1.82, 2.24) is 5.01 Å². The normalized spacial score (nSPS) is 11.8. The molecule has 3 nitrogen and oxygen atoms in total. The molecule has 0 aromatic heterocycles. The number of rotatable bonds is 3.